The third-order valence-corrected chi connectivity index (χ3v) is 3.08. The van der Waals surface area contributed by atoms with Crippen molar-refractivity contribution < 1.29 is 5.11 Å². The molecule has 0 fully saturated rings. The van der Waals surface area contributed by atoms with Crippen LogP contribution in [0.3, 0.4) is 0 Å². The first-order chi connectivity index (χ1) is 8.20. The Balaban J connectivity index is 2.48. The third-order valence-electron chi connectivity index (χ3n) is 3.08. The van der Waals surface area contributed by atoms with Crippen molar-refractivity contribution in [3.05, 3.63) is 41.9 Å². The van der Waals surface area contributed by atoms with E-state index in [1.165, 1.54) is 0 Å². The number of rotatable bonds is 1. The van der Waals surface area contributed by atoms with E-state index in [2.05, 4.69) is 4.98 Å². The second kappa shape index (κ2) is 3.46. The molecule has 17 heavy (non-hydrogen) atoms. The minimum Gasteiger partial charge on any atom is -0.508 e. The van der Waals surface area contributed by atoms with Gasteiger partial charge in [-0.2, -0.15) is 0 Å². The van der Waals surface area contributed by atoms with E-state index >= 15 is 0 Å². The van der Waals surface area contributed by atoms with Crippen LogP contribution in [0.1, 0.15) is 11.4 Å². The second-order valence-electron chi connectivity index (χ2n) is 4.13. The number of nitrogens with zero attached hydrogens (tertiary/aromatic N) is 2. The summed E-state index contributed by atoms with van der Waals surface area (Å²) in [6, 6.07) is 7.25. The van der Waals surface area contributed by atoms with Gasteiger partial charge in [-0.3, -0.25) is 0 Å². The van der Waals surface area contributed by atoms with Gasteiger partial charge in [-0.25, -0.2) is 4.98 Å². The molecule has 0 saturated heterocycles. The van der Waals surface area contributed by atoms with Gasteiger partial charge in [0.2, 0.25) is 0 Å². The molecule has 3 rings (SSSR count). The number of fused-ring (bicyclic) bond motifs is 3. The molecular formula is C13H13N3O. The van der Waals surface area contributed by atoms with Gasteiger partial charge in [0.1, 0.15) is 11.4 Å². The van der Waals surface area contributed by atoms with Crippen LogP contribution < -0.4 is 5.73 Å². The van der Waals surface area contributed by atoms with Crippen molar-refractivity contribution in [3.8, 4) is 5.75 Å². The molecule has 2 aromatic heterocycles. The number of phenols is 1. The number of benzene rings is 1. The van der Waals surface area contributed by atoms with Crippen molar-refractivity contribution >= 4 is 16.4 Å². The van der Waals surface area contributed by atoms with Gasteiger partial charge in [0.15, 0.2) is 0 Å². The number of pyridine rings is 1. The minimum absolute atomic E-state index is 0.268. The monoisotopic (exact) mass is 227 g/mol. The number of nitrogens with two attached hydrogens (primary N) is 1. The average Bonchev–Trinajstić information content (AvgIpc) is 2.64. The molecule has 2 heterocycles. The number of aryl methyl sites for hydroxylation is 1. The van der Waals surface area contributed by atoms with Gasteiger partial charge in [0.25, 0.3) is 0 Å². The van der Waals surface area contributed by atoms with Crippen LogP contribution in [-0.4, -0.2) is 14.5 Å². The zero-order valence-corrected chi connectivity index (χ0v) is 9.51. The highest BCUT2D eigenvalue weighted by Gasteiger charge is 2.09. The van der Waals surface area contributed by atoms with Crippen molar-refractivity contribution in [3.63, 3.8) is 0 Å². The summed E-state index contributed by atoms with van der Waals surface area (Å²) in [7, 11) is 0. The molecule has 0 aliphatic rings. The van der Waals surface area contributed by atoms with Crippen LogP contribution >= 0.6 is 0 Å². The predicted octanol–water partition coefficient (Wildman–Crippen LogP) is 1.96. The van der Waals surface area contributed by atoms with Crippen LogP contribution in [-0.2, 0) is 6.54 Å². The molecule has 0 saturated carbocycles. The van der Waals surface area contributed by atoms with E-state index in [1.54, 1.807) is 12.1 Å². The molecule has 3 N–H and O–H groups in total. The lowest BCUT2D eigenvalue weighted by atomic mass is 10.1. The number of imidazole rings is 1. The summed E-state index contributed by atoms with van der Waals surface area (Å²) < 4.78 is 2.01. The van der Waals surface area contributed by atoms with Gasteiger partial charge >= 0.3 is 0 Å². The van der Waals surface area contributed by atoms with Crippen LogP contribution in [0.25, 0.3) is 16.4 Å². The SMILES string of the molecule is Cc1nc2c3ccc(O)cc3ccn2c1CN. The molecule has 86 valence electrons. The molecule has 0 atom stereocenters. The molecule has 3 aromatic rings. The largest absolute Gasteiger partial charge is 0.508 e. The van der Waals surface area contributed by atoms with E-state index in [0.29, 0.717) is 6.54 Å². The Bertz CT molecular complexity index is 715. The molecule has 4 heteroatoms. The fourth-order valence-electron chi connectivity index (χ4n) is 2.22. The summed E-state index contributed by atoms with van der Waals surface area (Å²) in [5.74, 6) is 0.268. The number of hydrogen-bond donors (Lipinski definition) is 2. The Morgan fingerprint density at radius 1 is 1.35 bits per heavy atom. The molecule has 0 aliphatic carbocycles. The average molecular weight is 227 g/mol. The normalized spacial score (nSPS) is 11.4. The number of hydrogen-bond acceptors (Lipinski definition) is 3. The van der Waals surface area contributed by atoms with Crippen molar-refractivity contribution in [2.24, 2.45) is 5.73 Å². The summed E-state index contributed by atoms with van der Waals surface area (Å²) in [4.78, 5) is 4.54. The fraction of sp³-hybridized carbons (Fsp3) is 0.154. The lowest BCUT2D eigenvalue weighted by Crippen LogP contribution is -2.02. The van der Waals surface area contributed by atoms with Gasteiger partial charge in [-0.1, -0.05) is 0 Å². The van der Waals surface area contributed by atoms with Crippen molar-refractivity contribution in [2.75, 3.05) is 0 Å². The summed E-state index contributed by atoms with van der Waals surface area (Å²) >= 11 is 0. The van der Waals surface area contributed by atoms with E-state index in [1.807, 2.05) is 29.7 Å². The minimum atomic E-state index is 0.268. The lowest BCUT2D eigenvalue weighted by molar-refractivity contribution is 0.476. The van der Waals surface area contributed by atoms with Gasteiger partial charge in [0, 0.05) is 18.1 Å². The maximum Gasteiger partial charge on any atom is 0.145 e. The van der Waals surface area contributed by atoms with Gasteiger partial charge in [0.05, 0.1) is 11.4 Å². The Morgan fingerprint density at radius 2 is 2.18 bits per heavy atom. The first kappa shape index (κ1) is 10.1. The van der Waals surface area contributed by atoms with E-state index in [4.69, 9.17) is 5.73 Å². The van der Waals surface area contributed by atoms with Crippen LogP contribution in [0.2, 0.25) is 0 Å². The third kappa shape index (κ3) is 1.38. The molecule has 4 nitrogen and oxygen atoms in total. The summed E-state index contributed by atoms with van der Waals surface area (Å²) in [5, 5.41) is 11.5. The Hall–Kier alpha value is -2.07. The van der Waals surface area contributed by atoms with Gasteiger partial charge < -0.3 is 15.2 Å². The van der Waals surface area contributed by atoms with E-state index in [-0.39, 0.29) is 5.75 Å². The molecule has 0 bridgehead atoms. The first-order valence-electron chi connectivity index (χ1n) is 5.50. The summed E-state index contributed by atoms with van der Waals surface area (Å²) in [6.07, 6.45) is 1.94. The molecular weight excluding hydrogens is 214 g/mol. The maximum absolute atomic E-state index is 9.46. The zero-order chi connectivity index (χ0) is 12.0. The number of aromatic nitrogens is 2. The van der Waals surface area contributed by atoms with Crippen LogP contribution in [0.5, 0.6) is 5.75 Å². The van der Waals surface area contributed by atoms with Crippen molar-refractivity contribution in [1.82, 2.24) is 9.38 Å². The first-order valence-corrected chi connectivity index (χ1v) is 5.50. The van der Waals surface area contributed by atoms with E-state index in [9.17, 15) is 5.11 Å². The molecule has 0 aliphatic heterocycles. The van der Waals surface area contributed by atoms with Crippen LogP contribution in [0.4, 0.5) is 0 Å². The Kier molecular flexibility index (Phi) is 2.06. The zero-order valence-electron chi connectivity index (χ0n) is 9.51. The number of phenolic OH excluding ortho intramolecular Hbond substituents is 1. The summed E-state index contributed by atoms with van der Waals surface area (Å²) in [5.41, 5.74) is 8.59. The van der Waals surface area contributed by atoms with Crippen molar-refractivity contribution in [1.29, 1.82) is 0 Å². The maximum atomic E-state index is 9.46. The van der Waals surface area contributed by atoms with Crippen molar-refractivity contribution in [2.45, 2.75) is 13.5 Å². The van der Waals surface area contributed by atoms with Crippen LogP contribution in [0.15, 0.2) is 30.5 Å². The highest BCUT2D eigenvalue weighted by molar-refractivity contribution is 5.94. The topological polar surface area (TPSA) is 63.5 Å². The quantitative estimate of drug-likeness (QED) is 0.668. The summed E-state index contributed by atoms with van der Waals surface area (Å²) in [6.45, 7) is 2.43. The smallest absolute Gasteiger partial charge is 0.145 e. The molecule has 0 radical (unpaired) electrons. The fourth-order valence-corrected chi connectivity index (χ4v) is 2.22. The van der Waals surface area contributed by atoms with Crippen LogP contribution in [0, 0.1) is 6.92 Å². The predicted molar refractivity (Wildman–Crippen MR) is 67.0 cm³/mol. The lowest BCUT2D eigenvalue weighted by Gasteiger charge is -2.03. The van der Waals surface area contributed by atoms with E-state index < -0.39 is 0 Å². The molecule has 1 aromatic carbocycles. The second-order valence-corrected chi connectivity index (χ2v) is 4.13. The highest BCUT2D eigenvalue weighted by atomic mass is 16.3. The van der Waals surface area contributed by atoms with E-state index in [0.717, 1.165) is 27.8 Å². The standard InChI is InChI=1S/C13H13N3O/c1-8-12(7-14)16-5-4-9-6-10(17)2-3-11(9)13(16)15-8/h2-6,17H,7,14H2,1H3. The van der Waals surface area contributed by atoms with Gasteiger partial charge in [-0.15, -0.1) is 0 Å². The Morgan fingerprint density at radius 3 is 2.94 bits per heavy atom. The molecule has 0 unspecified atom stereocenters. The number of aromatic hydroxyl groups is 1. The molecule has 0 amide bonds. The molecule has 0 spiro atoms. The Labute approximate surface area is 98.3 Å². The highest BCUT2D eigenvalue weighted by Crippen LogP contribution is 2.25. The van der Waals surface area contributed by atoms with Gasteiger partial charge in [-0.05, 0) is 36.6 Å².